The molecule has 2 fully saturated rings. The molecule has 2 amide bonds. The lowest BCUT2D eigenvalue weighted by Crippen LogP contribution is -2.60. The first-order valence-electron chi connectivity index (χ1n) is 14.0. The Labute approximate surface area is 235 Å². The number of nitrogens with zero attached hydrogens (tertiary/aromatic N) is 2. The molecule has 0 aliphatic carbocycles. The van der Waals surface area contributed by atoms with Crippen molar-refractivity contribution in [1.82, 2.24) is 9.80 Å². The summed E-state index contributed by atoms with van der Waals surface area (Å²) in [6.45, 7) is 14.7. The highest BCUT2D eigenvalue weighted by atomic mass is 32.2. The zero-order chi connectivity index (χ0) is 28.5. The summed E-state index contributed by atoms with van der Waals surface area (Å²) in [5.41, 5.74) is 0.405. The number of hydrogen-bond acceptors (Lipinski definition) is 6. The molecule has 39 heavy (non-hydrogen) atoms. The van der Waals surface area contributed by atoms with Gasteiger partial charge in [0, 0.05) is 19.7 Å². The molecular formula is C29H42N2O6SSi. The second-order valence-corrected chi connectivity index (χ2v) is 18.3. The first-order valence-corrected chi connectivity index (χ1v) is 18.0. The summed E-state index contributed by atoms with van der Waals surface area (Å²) in [6, 6.07) is 6.43. The van der Waals surface area contributed by atoms with Crippen LogP contribution >= 0.6 is 0 Å². The van der Waals surface area contributed by atoms with Gasteiger partial charge in [0.25, 0.3) is 5.91 Å². The van der Waals surface area contributed by atoms with E-state index in [2.05, 4.69) is 33.9 Å². The number of β-lactam (4-membered cyclic amide) rings is 1. The maximum Gasteiger partial charge on any atom is 0.368 e. The molecule has 0 radical (unpaired) electrons. The van der Waals surface area contributed by atoms with Crippen molar-refractivity contribution in [3.05, 3.63) is 41.6 Å². The third-order valence-electron chi connectivity index (χ3n) is 8.73. The van der Waals surface area contributed by atoms with Crippen LogP contribution in [-0.2, 0) is 29.3 Å². The molecule has 10 heteroatoms. The van der Waals surface area contributed by atoms with Gasteiger partial charge in [-0.15, -0.1) is 0 Å². The Morgan fingerprint density at radius 2 is 1.72 bits per heavy atom. The maximum absolute atomic E-state index is 13.2. The summed E-state index contributed by atoms with van der Waals surface area (Å²) in [5.74, 6) is -1.40. The first-order chi connectivity index (χ1) is 18.3. The van der Waals surface area contributed by atoms with Gasteiger partial charge in [0.1, 0.15) is 5.70 Å². The van der Waals surface area contributed by atoms with Gasteiger partial charge < -0.3 is 18.4 Å². The molecule has 3 heterocycles. The van der Waals surface area contributed by atoms with Crippen LogP contribution in [-0.4, -0.2) is 65.8 Å². The summed E-state index contributed by atoms with van der Waals surface area (Å²) >= 11 is -2.20. The Bertz CT molecular complexity index is 1170. The summed E-state index contributed by atoms with van der Waals surface area (Å²) in [4.78, 5) is 42.8. The van der Waals surface area contributed by atoms with Crippen LogP contribution in [0.3, 0.4) is 0 Å². The van der Waals surface area contributed by atoms with E-state index < -0.39 is 25.4 Å². The summed E-state index contributed by atoms with van der Waals surface area (Å²) in [5, 5.41) is 0.0910. The molecule has 1 aromatic rings. The van der Waals surface area contributed by atoms with Crippen LogP contribution in [0.25, 0.3) is 0 Å². The van der Waals surface area contributed by atoms with E-state index in [1.54, 1.807) is 35.2 Å². The molecule has 3 aliphatic heterocycles. The minimum absolute atomic E-state index is 0.0338. The summed E-state index contributed by atoms with van der Waals surface area (Å²) in [7, 11) is -1.91. The van der Waals surface area contributed by atoms with Crippen LogP contribution < -0.4 is 0 Å². The average Bonchev–Trinajstić information content (AvgIpc) is 3.01. The van der Waals surface area contributed by atoms with Crippen molar-refractivity contribution >= 4 is 37.2 Å². The third kappa shape index (κ3) is 6.07. The predicted octanol–water partition coefficient (Wildman–Crippen LogP) is 5.04. The fraction of sp³-hybridized carbons (Fsp3) is 0.621. The van der Waals surface area contributed by atoms with E-state index in [-0.39, 0.29) is 50.9 Å². The quantitative estimate of drug-likeness (QED) is 0.319. The molecule has 4 rings (SSSR count). The highest BCUT2D eigenvalue weighted by Crippen LogP contribution is 2.44. The number of likely N-dealkylation sites (tertiary alicyclic amines) is 1. The Morgan fingerprint density at radius 1 is 1.08 bits per heavy atom. The molecule has 0 N–H and O–H groups in total. The first kappa shape index (κ1) is 29.7. The van der Waals surface area contributed by atoms with E-state index in [0.29, 0.717) is 26.1 Å². The van der Waals surface area contributed by atoms with E-state index in [1.165, 1.54) is 4.90 Å². The normalized spacial score (nSPS) is 24.4. The number of amides is 2. The minimum atomic E-state index is -2.20. The molecule has 0 spiro atoms. The molecule has 3 aliphatic rings. The van der Waals surface area contributed by atoms with E-state index in [9.17, 15) is 18.6 Å². The fourth-order valence-electron chi connectivity index (χ4n) is 5.39. The molecule has 1 aromatic carbocycles. The predicted molar refractivity (Wildman–Crippen MR) is 152 cm³/mol. The van der Waals surface area contributed by atoms with Crippen molar-refractivity contribution in [3.8, 4) is 0 Å². The zero-order valence-electron chi connectivity index (χ0n) is 24.0. The van der Waals surface area contributed by atoms with Crippen molar-refractivity contribution in [2.75, 3.05) is 19.7 Å². The lowest BCUT2D eigenvalue weighted by Gasteiger charge is -2.46. The number of hydrogen-bond donors (Lipinski definition) is 0. The van der Waals surface area contributed by atoms with Gasteiger partial charge in [0.2, 0.25) is 17.0 Å². The third-order valence-corrected chi connectivity index (χ3v) is 14.3. The van der Waals surface area contributed by atoms with Gasteiger partial charge in [0.05, 0.1) is 22.4 Å². The van der Waals surface area contributed by atoms with E-state index in [0.717, 1.165) is 25.7 Å². The monoisotopic (exact) mass is 574 g/mol. The van der Waals surface area contributed by atoms with Crippen molar-refractivity contribution in [3.63, 3.8) is 0 Å². The molecule has 2 unspecified atom stereocenters. The molecule has 214 valence electrons. The van der Waals surface area contributed by atoms with E-state index in [1.807, 2.05) is 6.92 Å². The second-order valence-electron chi connectivity index (χ2n) is 12.4. The van der Waals surface area contributed by atoms with Gasteiger partial charge in [-0.3, -0.25) is 9.59 Å². The lowest BCUT2D eigenvalue weighted by molar-refractivity contribution is -0.156. The van der Waals surface area contributed by atoms with E-state index in [4.69, 9.17) is 8.61 Å². The average molecular weight is 575 g/mol. The highest BCUT2D eigenvalue weighted by Gasteiger charge is 2.55. The molecular weight excluding hydrogens is 532 g/mol. The molecule has 4 atom stereocenters. The number of carbonyl (C=O) groups excluding carboxylic acids is 3. The van der Waals surface area contributed by atoms with Crippen LogP contribution in [0.2, 0.25) is 18.1 Å². The number of fused-ring (bicyclic) bond motifs is 1. The van der Waals surface area contributed by atoms with Crippen molar-refractivity contribution < 1.29 is 27.2 Å². The smallest absolute Gasteiger partial charge is 0.368 e. The largest absolute Gasteiger partial charge is 0.417 e. The fourth-order valence-corrected chi connectivity index (χ4v) is 7.28. The molecule has 0 bridgehead atoms. The van der Waals surface area contributed by atoms with Crippen molar-refractivity contribution in [2.45, 2.75) is 88.9 Å². The number of carbonyl (C=O) groups is 3. The van der Waals surface area contributed by atoms with Crippen molar-refractivity contribution in [2.24, 2.45) is 11.8 Å². The van der Waals surface area contributed by atoms with Gasteiger partial charge in [-0.25, -0.2) is 9.00 Å². The standard InChI is InChI=1S/C29H42N2O6SSi/c1-20-19-23(31-25(20)22(27(31)33)15-18-36-39(5,6)29(2,3)4)28(34)37-38(35)24-14-10-9-13-21(24)26(32)30-16-11-7-8-12-17-30/h9-10,13-14,19-20,22,25H,7-8,11-12,15-18H2,1-6H3/t20-,22?,25+,38?/m1/s1. The van der Waals surface area contributed by atoms with Gasteiger partial charge in [-0.2, -0.15) is 0 Å². The Balaban J connectivity index is 1.39. The van der Waals surface area contributed by atoms with Gasteiger partial charge in [-0.05, 0) is 61.5 Å². The van der Waals surface area contributed by atoms with Crippen LogP contribution in [0.5, 0.6) is 0 Å². The maximum atomic E-state index is 13.2. The van der Waals surface area contributed by atoms with Crippen LogP contribution in [0.1, 0.15) is 70.2 Å². The molecule has 8 nitrogen and oxygen atoms in total. The summed E-state index contributed by atoms with van der Waals surface area (Å²) < 4.78 is 24.8. The highest BCUT2D eigenvalue weighted by molar-refractivity contribution is 7.80. The minimum Gasteiger partial charge on any atom is -0.417 e. The lowest BCUT2D eigenvalue weighted by atomic mass is 9.80. The zero-order valence-corrected chi connectivity index (χ0v) is 25.8. The van der Waals surface area contributed by atoms with Gasteiger partial charge in [-0.1, -0.05) is 52.7 Å². The number of rotatable bonds is 8. The van der Waals surface area contributed by atoms with Gasteiger partial charge in [0.15, 0.2) is 8.32 Å². The number of benzene rings is 1. The van der Waals surface area contributed by atoms with E-state index >= 15 is 0 Å². The SMILES string of the molecule is C[C@@H]1C=C(C(=O)OS(=O)c2ccccc2C(=O)N2CCCCCC2)N2C(=O)C(CCO[Si](C)(C)C(C)(C)C)[C@H]12. The molecule has 0 aromatic heterocycles. The topological polar surface area (TPSA) is 93.2 Å². The molecule has 2 saturated heterocycles. The van der Waals surface area contributed by atoms with Gasteiger partial charge >= 0.3 is 5.97 Å². The Kier molecular flexibility index (Phi) is 8.88. The van der Waals surface area contributed by atoms with Crippen LogP contribution in [0.4, 0.5) is 0 Å². The Hall–Kier alpha value is -2.30. The van der Waals surface area contributed by atoms with Crippen molar-refractivity contribution in [1.29, 1.82) is 0 Å². The van der Waals surface area contributed by atoms with Crippen LogP contribution in [0, 0.1) is 11.8 Å². The summed E-state index contributed by atoms with van der Waals surface area (Å²) in [6.07, 6.45) is 6.38. The van der Waals surface area contributed by atoms with Crippen LogP contribution in [0.15, 0.2) is 40.9 Å². The molecule has 0 saturated carbocycles. The second kappa shape index (κ2) is 11.7. The Morgan fingerprint density at radius 3 is 2.36 bits per heavy atom.